The van der Waals surface area contributed by atoms with Gasteiger partial charge in [-0.1, -0.05) is 6.07 Å². The van der Waals surface area contributed by atoms with Gasteiger partial charge in [0.05, 0.1) is 22.5 Å². The maximum absolute atomic E-state index is 12.2. The number of aromatic amines is 1. The zero-order valence-corrected chi connectivity index (χ0v) is 12.9. The summed E-state index contributed by atoms with van der Waals surface area (Å²) in [5.74, 6) is 0. The van der Waals surface area contributed by atoms with Crippen molar-refractivity contribution in [1.29, 1.82) is 0 Å². The fourth-order valence-corrected chi connectivity index (χ4v) is 3.50. The Bertz CT molecular complexity index is 885. The van der Waals surface area contributed by atoms with Gasteiger partial charge in [0.2, 0.25) is 10.0 Å². The smallest absolute Gasteiger partial charge is 0.265 e. The number of nitrogens with two attached hydrogens (primary N) is 1. The highest BCUT2D eigenvalue weighted by molar-refractivity contribution is 7.92. The predicted octanol–water partition coefficient (Wildman–Crippen LogP) is 0.475. The summed E-state index contributed by atoms with van der Waals surface area (Å²) in [6.45, 7) is 3.21. The number of aryl methyl sites for hydroxylation is 2. The van der Waals surface area contributed by atoms with Crippen molar-refractivity contribution in [3.8, 4) is 0 Å². The van der Waals surface area contributed by atoms with Gasteiger partial charge in [0.1, 0.15) is 4.90 Å². The van der Waals surface area contributed by atoms with Gasteiger partial charge in [0.15, 0.2) is 0 Å². The molecule has 0 unspecified atom stereocenters. The minimum Gasteiger partial charge on any atom is -0.281 e. The van der Waals surface area contributed by atoms with Crippen molar-refractivity contribution in [1.82, 2.24) is 10.2 Å². The van der Waals surface area contributed by atoms with Crippen LogP contribution in [-0.4, -0.2) is 27.0 Å². The first-order chi connectivity index (χ1) is 9.61. The number of rotatable bonds is 4. The molecular weight excluding hydrogens is 316 g/mol. The molecule has 1 aromatic heterocycles. The molecule has 114 valence electrons. The van der Waals surface area contributed by atoms with E-state index in [1.54, 1.807) is 13.8 Å². The molecule has 0 radical (unpaired) electrons. The monoisotopic (exact) mass is 330 g/mol. The number of primary sulfonamides is 1. The third kappa shape index (κ3) is 3.23. The molecule has 2 aromatic rings. The van der Waals surface area contributed by atoms with Crippen molar-refractivity contribution in [3.63, 3.8) is 0 Å². The van der Waals surface area contributed by atoms with Crippen molar-refractivity contribution in [2.24, 2.45) is 5.14 Å². The fourth-order valence-electron chi connectivity index (χ4n) is 1.70. The Balaban J connectivity index is 2.47. The van der Waals surface area contributed by atoms with E-state index in [9.17, 15) is 16.8 Å². The summed E-state index contributed by atoms with van der Waals surface area (Å²) < 4.78 is 49.5. The zero-order chi connectivity index (χ0) is 15.8. The molecular formula is C11H14N4O4S2. The number of anilines is 1. The molecule has 10 heteroatoms. The van der Waals surface area contributed by atoms with Crippen molar-refractivity contribution in [3.05, 3.63) is 35.7 Å². The van der Waals surface area contributed by atoms with Gasteiger partial charge in [-0.2, -0.15) is 5.10 Å². The van der Waals surface area contributed by atoms with E-state index < -0.39 is 20.0 Å². The summed E-state index contributed by atoms with van der Waals surface area (Å²) in [5, 5.41) is 11.2. The van der Waals surface area contributed by atoms with E-state index in [-0.39, 0.29) is 15.5 Å². The molecule has 2 rings (SSSR count). The third-order valence-electron chi connectivity index (χ3n) is 2.86. The van der Waals surface area contributed by atoms with Crippen molar-refractivity contribution >= 4 is 25.7 Å². The molecule has 0 bridgehead atoms. The second-order valence-corrected chi connectivity index (χ2v) is 7.70. The van der Waals surface area contributed by atoms with E-state index in [0.29, 0.717) is 11.3 Å². The van der Waals surface area contributed by atoms with Crippen LogP contribution in [0.3, 0.4) is 0 Å². The lowest BCUT2D eigenvalue weighted by Gasteiger charge is -2.11. The van der Waals surface area contributed by atoms with Gasteiger partial charge in [0.25, 0.3) is 10.0 Å². The van der Waals surface area contributed by atoms with Crippen LogP contribution in [0.1, 0.15) is 11.3 Å². The molecule has 8 nitrogen and oxygen atoms in total. The Morgan fingerprint density at radius 2 is 1.86 bits per heavy atom. The van der Waals surface area contributed by atoms with Gasteiger partial charge in [-0.05, 0) is 31.5 Å². The number of hydrogen-bond acceptors (Lipinski definition) is 5. The highest BCUT2D eigenvalue weighted by Crippen LogP contribution is 2.23. The first kappa shape index (κ1) is 15.5. The molecule has 0 amide bonds. The minimum absolute atomic E-state index is 0.0112. The van der Waals surface area contributed by atoms with Gasteiger partial charge in [-0.3, -0.25) is 9.82 Å². The molecule has 4 N–H and O–H groups in total. The Morgan fingerprint density at radius 3 is 2.38 bits per heavy atom. The summed E-state index contributed by atoms with van der Waals surface area (Å²) in [6, 6.07) is 3.96. The Kier molecular flexibility index (Phi) is 3.78. The number of nitrogens with one attached hydrogen (secondary N) is 2. The summed E-state index contributed by atoms with van der Waals surface area (Å²) in [5.41, 5.74) is 1.08. The van der Waals surface area contributed by atoms with Gasteiger partial charge in [-0.25, -0.2) is 22.0 Å². The molecule has 0 aliphatic carbocycles. The largest absolute Gasteiger partial charge is 0.281 e. The van der Waals surface area contributed by atoms with Gasteiger partial charge >= 0.3 is 0 Å². The molecule has 0 aliphatic heterocycles. The maximum atomic E-state index is 12.2. The summed E-state index contributed by atoms with van der Waals surface area (Å²) in [7, 11) is -7.78. The van der Waals surface area contributed by atoms with E-state index in [1.807, 2.05) is 0 Å². The number of benzene rings is 1. The van der Waals surface area contributed by atoms with Crippen LogP contribution in [0.15, 0.2) is 34.2 Å². The lowest BCUT2D eigenvalue weighted by Crippen LogP contribution is -2.16. The highest BCUT2D eigenvalue weighted by Gasteiger charge is 2.20. The average molecular weight is 330 g/mol. The molecule has 1 heterocycles. The Labute approximate surface area is 122 Å². The van der Waals surface area contributed by atoms with Crippen LogP contribution in [0.4, 0.5) is 5.69 Å². The minimum atomic E-state index is -3.91. The molecule has 0 spiro atoms. The first-order valence-electron chi connectivity index (χ1n) is 5.77. The van der Waals surface area contributed by atoms with Crippen LogP contribution < -0.4 is 9.86 Å². The third-order valence-corrected chi connectivity index (χ3v) is 5.25. The molecule has 0 aliphatic rings. The quantitative estimate of drug-likeness (QED) is 0.749. The lowest BCUT2D eigenvalue weighted by atomic mass is 10.2. The maximum Gasteiger partial charge on any atom is 0.265 e. The van der Waals surface area contributed by atoms with Crippen molar-refractivity contribution < 1.29 is 16.8 Å². The average Bonchev–Trinajstić information content (AvgIpc) is 2.77. The summed E-state index contributed by atoms with van der Waals surface area (Å²) >= 11 is 0. The second-order valence-electron chi connectivity index (χ2n) is 4.49. The van der Waals surface area contributed by atoms with Crippen LogP contribution in [-0.2, 0) is 20.0 Å². The van der Waals surface area contributed by atoms with Gasteiger partial charge in [0, 0.05) is 0 Å². The van der Waals surface area contributed by atoms with Crippen LogP contribution in [0.5, 0.6) is 0 Å². The van der Waals surface area contributed by atoms with Crippen LogP contribution in [0, 0.1) is 13.8 Å². The van der Waals surface area contributed by atoms with Gasteiger partial charge < -0.3 is 0 Å². The molecule has 0 saturated carbocycles. The second kappa shape index (κ2) is 5.13. The van der Waals surface area contributed by atoms with Crippen LogP contribution in [0.25, 0.3) is 0 Å². The molecule has 0 fully saturated rings. The van der Waals surface area contributed by atoms with Gasteiger partial charge in [-0.15, -0.1) is 0 Å². The Hall–Kier alpha value is -1.91. The van der Waals surface area contributed by atoms with E-state index >= 15 is 0 Å². The molecule has 0 saturated heterocycles. The predicted molar refractivity (Wildman–Crippen MR) is 76.7 cm³/mol. The fraction of sp³-hybridized carbons (Fsp3) is 0.182. The van der Waals surface area contributed by atoms with E-state index in [1.165, 1.54) is 24.4 Å². The van der Waals surface area contributed by atoms with E-state index in [4.69, 9.17) is 5.14 Å². The number of aromatic nitrogens is 2. The standard InChI is InChI=1S/C11H14N4O4S2/c1-7-3-4-9(20(12,16)17)5-10(7)15-21(18,19)11-6-13-14-8(11)2/h3-6,15H,1-2H3,(H,13,14)(H2,12,16,17). The van der Waals surface area contributed by atoms with Crippen molar-refractivity contribution in [2.45, 2.75) is 23.6 Å². The number of sulfonamides is 2. The summed E-state index contributed by atoms with van der Waals surface area (Å²) in [6.07, 6.45) is 1.18. The first-order valence-corrected chi connectivity index (χ1v) is 8.80. The lowest BCUT2D eigenvalue weighted by molar-refractivity contribution is 0.596. The van der Waals surface area contributed by atoms with Crippen molar-refractivity contribution in [2.75, 3.05) is 4.72 Å². The Morgan fingerprint density at radius 1 is 1.19 bits per heavy atom. The topological polar surface area (TPSA) is 135 Å². The molecule has 21 heavy (non-hydrogen) atoms. The highest BCUT2D eigenvalue weighted by atomic mass is 32.2. The summed E-state index contributed by atoms with van der Waals surface area (Å²) in [4.78, 5) is -0.183. The molecule has 1 aromatic carbocycles. The number of H-pyrrole nitrogens is 1. The normalized spacial score (nSPS) is 12.3. The number of hydrogen-bond donors (Lipinski definition) is 3. The zero-order valence-electron chi connectivity index (χ0n) is 11.3. The number of nitrogens with zero attached hydrogens (tertiary/aromatic N) is 1. The van der Waals surface area contributed by atoms with Crippen LogP contribution in [0.2, 0.25) is 0 Å². The van der Waals surface area contributed by atoms with E-state index in [2.05, 4.69) is 14.9 Å². The SMILES string of the molecule is Cc1ccc(S(N)(=O)=O)cc1NS(=O)(=O)c1cn[nH]c1C. The van der Waals surface area contributed by atoms with E-state index in [0.717, 1.165) is 0 Å². The molecule has 0 atom stereocenters. The van der Waals surface area contributed by atoms with Crippen LogP contribution >= 0.6 is 0 Å².